The maximum atomic E-state index is 10.8. The lowest BCUT2D eigenvalue weighted by atomic mass is 10.1. The number of aliphatic carboxylic acids is 2. The number of rotatable bonds is 5. The minimum atomic E-state index is -0.876. The summed E-state index contributed by atoms with van der Waals surface area (Å²) in [7, 11) is 0. The summed E-state index contributed by atoms with van der Waals surface area (Å²) >= 11 is 0. The zero-order valence-electron chi connectivity index (χ0n) is 12.1. The van der Waals surface area contributed by atoms with Crippen LogP contribution in [0.4, 0.5) is 0 Å². The lowest BCUT2D eigenvalue weighted by Gasteiger charge is -1.99. The van der Waals surface area contributed by atoms with Gasteiger partial charge in [0.15, 0.2) is 0 Å². The highest BCUT2D eigenvalue weighted by molar-refractivity contribution is 5.71. The van der Waals surface area contributed by atoms with E-state index in [9.17, 15) is 9.59 Å². The summed E-state index contributed by atoms with van der Waals surface area (Å²) in [6, 6.07) is 10.7. The van der Waals surface area contributed by atoms with Crippen molar-refractivity contribution in [3.05, 3.63) is 59.9 Å². The fourth-order valence-corrected chi connectivity index (χ4v) is 2.42. The maximum absolute atomic E-state index is 10.8. The number of carboxylic acids is 2. The van der Waals surface area contributed by atoms with Crippen LogP contribution in [0.3, 0.4) is 0 Å². The summed E-state index contributed by atoms with van der Waals surface area (Å²) < 4.78 is 1.79. The molecule has 3 aromatic rings. The molecule has 0 aliphatic heterocycles. The third-order valence-electron chi connectivity index (χ3n) is 3.47. The molecule has 2 heterocycles. The second-order valence-electron chi connectivity index (χ2n) is 5.27. The molecular formula is C17H14N2O4. The van der Waals surface area contributed by atoms with Crippen LogP contribution in [-0.4, -0.2) is 31.5 Å². The van der Waals surface area contributed by atoms with Gasteiger partial charge < -0.3 is 14.6 Å². The molecule has 0 amide bonds. The molecule has 0 atom stereocenters. The van der Waals surface area contributed by atoms with Crippen molar-refractivity contribution in [1.82, 2.24) is 9.38 Å². The molecule has 2 N–H and O–H groups in total. The number of pyridine rings is 1. The minimum Gasteiger partial charge on any atom is -0.481 e. The van der Waals surface area contributed by atoms with E-state index in [0.717, 1.165) is 22.5 Å². The standard InChI is InChI=1S/C17H14N2O4/c20-16(21)7-11-1-4-13(5-2-11)14-10-19-9-12(8-17(22)23)3-6-15(19)18-14/h1-6,9-10H,7-8H2,(H,20,21)(H,22,23). The number of fused-ring (bicyclic) bond motifs is 1. The first-order valence-corrected chi connectivity index (χ1v) is 7.02. The van der Waals surface area contributed by atoms with Gasteiger partial charge >= 0.3 is 11.9 Å². The zero-order valence-corrected chi connectivity index (χ0v) is 12.1. The SMILES string of the molecule is O=C(O)Cc1ccc(-c2cn3cc(CC(=O)O)ccc3n2)cc1. The monoisotopic (exact) mass is 310 g/mol. The van der Waals surface area contributed by atoms with E-state index in [0.29, 0.717) is 5.56 Å². The van der Waals surface area contributed by atoms with Crippen LogP contribution in [0.5, 0.6) is 0 Å². The van der Waals surface area contributed by atoms with E-state index in [1.807, 2.05) is 18.3 Å². The number of aromatic nitrogens is 2. The average molecular weight is 310 g/mol. The Labute approximate surface area is 131 Å². The number of imidazole rings is 1. The van der Waals surface area contributed by atoms with Crippen LogP contribution in [0, 0.1) is 0 Å². The number of hydrogen-bond acceptors (Lipinski definition) is 3. The second-order valence-corrected chi connectivity index (χ2v) is 5.27. The Morgan fingerprint density at radius 2 is 1.48 bits per heavy atom. The van der Waals surface area contributed by atoms with Gasteiger partial charge in [-0.3, -0.25) is 9.59 Å². The van der Waals surface area contributed by atoms with Crippen LogP contribution in [0.2, 0.25) is 0 Å². The molecule has 6 nitrogen and oxygen atoms in total. The van der Waals surface area contributed by atoms with Crippen molar-refractivity contribution < 1.29 is 19.8 Å². The first kappa shape index (κ1) is 14.8. The predicted molar refractivity (Wildman–Crippen MR) is 83.3 cm³/mol. The fourth-order valence-electron chi connectivity index (χ4n) is 2.42. The normalized spacial score (nSPS) is 10.8. The van der Waals surface area contributed by atoms with Gasteiger partial charge in [-0.05, 0) is 17.2 Å². The Morgan fingerprint density at radius 1 is 0.870 bits per heavy atom. The third kappa shape index (κ3) is 3.37. The highest BCUT2D eigenvalue weighted by Crippen LogP contribution is 2.20. The first-order valence-electron chi connectivity index (χ1n) is 7.02. The van der Waals surface area contributed by atoms with E-state index in [4.69, 9.17) is 10.2 Å². The highest BCUT2D eigenvalue weighted by atomic mass is 16.4. The molecule has 0 saturated carbocycles. The van der Waals surface area contributed by atoms with Crippen LogP contribution < -0.4 is 0 Å². The highest BCUT2D eigenvalue weighted by Gasteiger charge is 2.07. The zero-order chi connectivity index (χ0) is 16.4. The van der Waals surface area contributed by atoms with E-state index in [1.54, 1.807) is 34.9 Å². The number of benzene rings is 1. The lowest BCUT2D eigenvalue weighted by Crippen LogP contribution is -2.00. The Hall–Kier alpha value is -3.15. The minimum absolute atomic E-state index is 0.00993. The lowest BCUT2D eigenvalue weighted by molar-refractivity contribution is -0.137. The van der Waals surface area contributed by atoms with Gasteiger partial charge in [-0.25, -0.2) is 4.98 Å². The van der Waals surface area contributed by atoms with Gasteiger partial charge in [0.05, 0.1) is 18.5 Å². The summed E-state index contributed by atoms with van der Waals surface area (Å²) in [6.07, 6.45) is 3.53. The number of carbonyl (C=O) groups is 2. The smallest absolute Gasteiger partial charge is 0.307 e. The van der Waals surface area contributed by atoms with Gasteiger partial charge in [0.2, 0.25) is 0 Å². The van der Waals surface area contributed by atoms with Crippen molar-refractivity contribution >= 4 is 17.6 Å². The molecule has 0 fully saturated rings. The second kappa shape index (κ2) is 5.92. The Morgan fingerprint density at radius 3 is 2.13 bits per heavy atom. The molecule has 0 aliphatic carbocycles. The summed E-state index contributed by atoms with van der Waals surface area (Å²) in [5.41, 5.74) is 3.78. The van der Waals surface area contributed by atoms with Gasteiger partial charge in [-0.2, -0.15) is 0 Å². The molecule has 0 spiro atoms. The molecule has 116 valence electrons. The molecule has 3 rings (SSSR count). The van der Waals surface area contributed by atoms with Crippen molar-refractivity contribution in [3.8, 4) is 11.3 Å². The van der Waals surface area contributed by atoms with Crippen molar-refractivity contribution in [2.75, 3.05) is 0 Å². The van der Waals surface area contributed by atoms with Gasteiger partial charge in [-0.15, -0.1) is 0 Å². The third-order valence-corrected chi connectivity index (χ3v) is 3.47. The Bertz CT molecular complexity index is 881. The number of nitrogens with zero attached hydrogens (tertiary/aromatic N) is 2. The first-order chi connectivity index (χ1) is 11.0. The number of hydrogen-bond donors (Lipinski definition) is 2. The maximum Gasteiger partial charge on any atom is 0.307 e. The summed E-state index contributed by atoms with van der Waals surface area (Å²) in [5.74, 6) is -1.74. The molecule has 0 aliphatic rings. The van der Waals surface area contributed by atoms with Gasteiger partial charge in [0.1, 0.15) is 5.65 Å². The molecular weight excluding hydrogens is 296 g/mol. The Balaban J connectivity index is 1.90. The molecule has 1 aromatic carbocycles. The van der Waals surface area contributed by atoms with E-state index in [2.05, 4.69) is 4.98 Å². The van der Waals surface area contributed by atoms with Gasteiger partial charge in [0, 0.05) is 18.0 Å². The van der Waals surface area contributed by atoms with Gasteiger partial charge in [-0.1, -0.05) is 30.3 Å². The van der Waals surface area contributed by atoms with Crippen LogP contribution in [0.25, 0.3) is 16.9 Å². The van der Waals surface area contributed by atoms with Crippen molar-refractivity contribution in [2.45, 2.75) is 12.8 Å². The van der Waals surface area contributed by atoms with Crippen LogP contribution in [-0.2, 0) is 22.4 Å². The fraction of sp³-hybridized carbons (Fsp3) is 0.118. The molecule has 6 heteroatoms. The van der Waals surface area contributed by atoms with Crippen LogP contribution in [0.1, 0.15) is 11.1 Å². The van der Waals surface area contributed by atoms with E-state index >= 15 is 0 Å². The van der Waals surface area contributed by atoms with E-state index in [1.165, 1.54) is 0 Å². The van der Waals surface area contributed by atoms with Crippen molar-refractivity contribution in [1.29, 1.82) is 0 Å². The molecule has 0 bridgehead atoms. The Kier molecular flexibility index (Phi) is 3.80. The van der Waals surface area contributed by atoms with Crippen LogP contribution >= 0.6 is 0 Å². The predicted octanol–water partition coefficient (Wildman–Crippen LogP) is 2.26. The molecule has 0 radical (unpaired) electrons. The topological polar surface area (TPSA) is 91.9 Å². The van der Waals surface area contributed by atoms with Crippen molar-refractivity contribution in [3.63, 3.8) is 0 Å². The van der Waals surface area contributed by atoms with Crippen LogP contribution in [0.15, 0.2) is 48.8 Å². The summed E-state index contributed by atoms with van der Waals surface area (Å²) in [4.78, 5) is 26.0. The van der Waals surface area contributed by atoms with Gasteiger partial charge in [0.25, 0.3) is 0 Å². The molecule has 0 unspecified atom stereocenters. The summed E-state index contributed by atoms with van der Waals surface area (Å²) in [6.45, 7) is 0. The summed E-state index contributed by atoms with van der Waals surface area (Å²) in [5, 5.41) is 17.6. The quantitative estimate of drug-likeness (QED) is 0.754. The largest absolute Gasteiger partial charge is 0.481 e. The number of carboxylic acid groups (broad SMARTS) is 2. The molecule has 0 saturated heterocycles. The average Bonchev–Trinajstić information content (AvgIpc) is 2.90. The van der Waals surface area contributed by atoms with E-state index < -0.39 is 11.9 Å². The van der Waals surface area contributed by atoms with Crippen molar-refractivity contribution in [2.24, 2.45) is 0 Å². The molecule has 2 aromatic heterocycles. The molecule has 23 heavy (non-hydrogen) atoms. The van der Waals surface area contributed by atoms with E-state index in [-0.39, 0.29) is 12.8 Å².